The Balaban J connectivity index is 2.71. The summed E-state index contributed by atoms with van der Waals surface area (Å²) in [5.41, 5.74) is 0.0330. The van der Waals surface area contributed by atoms with Gasteiger partial charge in [0.25, 0.3) is 0 Å². The molecule has 16 heavy (non-hydrogen) atoms. The summed E-state index contributed by atoms with van der Waals surface area (Å²) in [5.74, 6) is 0.898. The zero-order valence-electron chi connectivity index (χ0n) is 9.11. The van der Waals surface area contributed by atoms with Gasteiger partial charge in [-0.05, 0) is 24.3 Å². The van der Waals surface area contributed by atoms with E-state index in [0.29, 0.717) is 4.90 Å². The molecule has 1 aromatic carbocycles. The van der Waals surface area contributed by atoms with Crippen LogP contribution in [0.3, 0.4) is 0 Å². The van der Waals surface area contributed by atoms with Gasteiger partial charge >= 0.3 is 5.69 Å². The van der Waals surface area contributed by atoms with Crippen LogP contribution in [0.15, 0.2) is 23.1 Å². The number of rotatable bonds is 6. The van der Waals surface area contributed by atoms with Crippen molar-refractivity contribution in [2.75, 3.05) is 5.75 Å². The minimum absolute atomic E-state index is 0.0330. The van der Waals surface area contributed by atoms with Crippen LogP contribution < -0.4 is 0 Å². The molecule has 0 atom stereocenters. The third kappa shape index (κ3) is 3.68. The highest BCUT2D eigenvalue weighted by Crippen LogP contribution is 2.35. The average molecular weight is 260 g/mol. The Kier molecular flexibility index (Phi) is 5.63. The lowest BCUT2D eigenvalue weighted by atomic mass is 10.3. The largest absolute Gasteiger partial charge is 0.301 e. The first-order valence-corrected chi connectivity index (χ1v) is 6.59. The SMILES string of the molecule is CCCCCSc1cccc(Cl)c1[N+](=O)[O-]. The van der Waals surface area contributed by atoms with Crippen LogP contribution in [0.2, 0.25) is 5.02 Å². The molecule has 0 amide bonds. The van der Waals surface area contributed by atoms with Crippen LogP contribution in [0.4, 0.5) is 5.69 Å². The van der Waals surface area contributed by atoms with Gasteiger partial charge in [0.05, 0.1) is 9.82 Å². The number of hydrogen-bond acceptors (Lipinski definition) is 3. The molecule has 0 aliphatic carbocycles. The molecule has 0 spiro atoms. The molecule has 0 bridgehead atoms. The predicted molar refractivity (Wildman–Crippen MR) is 68.4 cm³/mol. The minimum Gasteiger partial charge on any atom is -0.258 e. The van der Waals surface area contributed by atoms with E-state index in [-0.39, 0.29) is 10.7 Å². The number of nitro groups is 1. The molecule has 0 N–H and O–H groups in total. The highest BCUT2D eigenvalue weighted by molar-refractivity contribution is 7.99. The number of nitro benzene ring substituents is 1. The van der Waals surface area contributed by atoms with Gasteiger partial charge in [-0.1, -0.05) is 37.4 Å². The summed E-state index contributed by atoms with van der Waals surface area (Å²) in [7, 11) is 0. The lowest BCUT2D eigenvalue weighted by Crippen LogP contribution is -1.92. The fraction of sp³-hybridized carbons (Fsp3) is 0.455. The standard InChI is InChI=1S/C11H14ClNO2S/c1-2-3-4-8-16-10-7-5-6-9(12)11(10)13(14)15/h5-7H,2-4,8H2,1H3. The van der Waals surface area contributed by atoms with E-state index in [4.69, 9.17) is 11.6 Å². The summed E-state index contributed by atoms with van der Waals surface area (Å²) < 4.78 is 0. The van der Waals surface area contributed by atoms with E-state index >= 15 is 0 Å². The van der Waals surface area contributed by atoms with Gasteiger partial charge in [0.2, 0.25) is 0 Å². The van der Waals surface area contributed by atoms with Gasteiger partial charge in [0.15, 0.2) is 0 Å². The summed E-state index contributed by atoms with van der Waals surface area (Å²) in [4.78, 5) is 11.1. The summed E-state index contributed by atoms with van der Waals surface area (Å²) in [6.45, 7) is 2.13. The van der Waals surface area contributed by atoms with Crippen molar-refractivity contribution in [3.63, 3.8) is 0 Å². The minimum atomic E-state index is -0.412. The van der Waals surface area contributed by atoms with E-state index < -0.39 is 4.92 Å². The van der Waals surface area contributed by atoms with E-state index in [1.165, 1.54) is 11.8 Å². The highest BCUT2D eigenvalue weighted by Gasteiger charge is 2.17. The lowest BCUT2D eigenvalue weighted by Gasteiger charge is -2.03. The molecule has 0 radical (unpaired) electrons. The second-order valence-electron chi connectivity index (χ2n) is 3.40. The zero-order valence-corrected chi connectivity index (χ0v) is 10.7. The van der Waals surface area contributed by atoms with Crippen LogP contribution in [0.1, 0.15) is 26.2 Å². The van der Waals surface area contributed by atoms with Crippen LogP contribution >= 0.6 is 23.4 Å². The monoisotopic (exact) mass is 259 g/mol. The van der Waals surface area contributed by atoms with E-state index in [0.717, 1.165) is 25.0 Å². The molecule has 0 heterocycles. The average Bonchev–Trinajstić information content (AvgIpc) is 2.24. The molecule has 5 heteroatoms. The number of nitrogens with zero attached hydrogens (tertiary/aromatic N) is 1. The molecule has 0 aromatic heterocycles. The number of para-hydroxylation sites is 1. The van der Waals surface area contributed by atoms with Gasteiger partial charge in [0, 0.05) is 0 Å². The third-order valence-electron chi connectivity index (χ3n) is 2.14. The van der Waals surface area contributed by atoms with Crippen molar-refractivity contribution in [1.82, 2.24) is 0 Å². The normalized spacial score (nSPS) is 10.4. The fourth-order valence-corrected chi connectivity index (χ4v) is 2.69. The molecule has 88 valence electrons. The van der Waals surface area contributed by atoms with Crippen molar-refractivity contribution in [3.05, 3.63) is 33.3 Å². The predicted octanol–water partition coefficient (Wildman–Crippen LogP) is 4.53. The Hall–Kier alpha value is -0.740. The number of unbranched alkanes of at least 4 members (excludes halogenated alkanes) is 2. The lowest BCUT2D eigenvalue weighted by molar-refractivity contribution is -0.387. The second-order valence-corrected chi connectivity index (χ2v) is 4.94. The van der Waals surface area contributed by atoms with Gasteiger partial charge in [0.1, 0.15) is 5.02 Å². The van der Waals surface area contributed by atoms with Crippen molar-refractivity contribution in [2.24, 2.45) is 0 Å². The molecular weight excluding hydrogens is 246 g/mol. The van der Waals surface area contributed by atoms with Gasteiger partial charge in [-0.15, -0.1) is 11.8 Å². The van der Waals surface area contributed by atoms with E-state index in [2.05, 4.69) is 6.92 Å². The van der Waals surface area contributed by atoms with E-state index in [9.17, 15) is 10.1 Å². The van der Waals surface area contributed by atoms with Crippen molar-refractivity contribution in [1.29, 1.82) is 0 Å². The van der Waals surface area contributed by atoms with Crippen LogP contribution in [0, 0.1) is 10.1 Å². The van der Waals surface area contributed by atoms with Crippen LogP contribution in [0.5, 0.6) is 0 Å². The Morgan fingerprint density at radius 3 is 2.81 bits per heavy atom. The smallest absolute Gasteiger partial charge is 0.258 e. The van der Waals surface area contributed by atoms with Crippen LogP contribution in [-0.4, -0.2) is 10.7 Å². The Labute approximate surface area is 104 Å². The number of thioether (sulfide) groups is 1. The van der Waals surface area contributed by atoms with Crippen molar-refractivity contribution >= 4 is 29.1 Å². The third-order valence-corrected chi connectivity index (χ3v) is 3.58. The maximum Gasteiger partial charge on any atom is 0.301 e. The van der Waals surface area contributed by atoms with Crippen molar-refractivity contribution in [2.45, 2.75) is 31.1 Å². The molecule has 1 aromatic rings. The highest BCUT2D eigenvalue weighted by atomic mass is 35.5. The molecule has 0 saturated carbocycles. The molecule has 0 unspecified atom stereocenters. The Morgan fingerprint density at radius 2 is 2.19 bits per heavy atom. The molecule has 0 fully saturated rings. The van der Waals surface area contributed by atoms with Crippen LogP contribution in [-0.2, 0) is 0 Å². The zero-order chi connectivity index (χ0) is 12.0. The second kappa shape index (κ2) is 6.76. The molecule has 1 rings (SSSR count). The van der Waals surface area contributed by atoms with Crippen LogP contribution in [0.25, 0.3) is 0 Å². The summed E-state index contributed by atoms with van der Waals surface area (Å²) in [6.07, 6.45) is 3.38. The van der Waals surface area contributed by atoms with Gasteiger partial charge < -0.3 is 0 Å². The van der Waals surface area contributed by atoms with Gasteiger partial charge in [-0.2, -0.15) is 0 Å². The summed E-state index contributed by atoms with van der Waals surface area (Å²) in [5, 5.41) is 11.1. The first-order chi connectivity index (χ1) is 7.66. The first kappa shape index (κ1) is 13.3. The molecule has 0 aliphatic rings. The van der Waals surface area contributed by atoms with E-state index in [1.807, 2.05) is 0 Å². The molecule has 3 nitrogen and oxygen atoms in total. The summed E-state index contributed by atoms with van der Waals surface area (Å²) >= 11 is 7.31. The Morgan fingerprint density at radius 1 is 1.44 bits per heavy atom. The fourth-order valence-electron chi connectivity index (χ4n) is 1.32. The van der Waals surface area contributed by atoms with E-state index in [1.54, 1.807) is 18.2 Å². The maximum atomic E-state index is 10.8. The topological polar surface area (TPSA) is 43.1 Å². The number of benzene rings is 1. The van der Waals surface area contributed by atoms with Crippen molar-refractivity contribution < 1.29 is 4.92 Å². The number of halogens is 1. The Bertz CT molecular complexity index is 371. The molecule has 0 aliphatic heterocycles. The number of hydrogen-bond donors (Lipinski definition) is 0. The summed E-state index contributed by atoms with van der Waals surface area (Å²) in [6, 6.07) is 5.05. The molecule has 0 saturated heterocycles. The maximum absolute atomic E-state index is 10.8. The van der Waals surface area contributed by atoms with Gasteiger partial charge in [-0.25, -0.2) is 0 Å². The first-order valence-electron chi connectivity index (χ1n) is 5.22. The molecular formula is C11H14ClNO2S. The van der Waals surface area contributed by atoms with Crippen molar-refractivity contribution in [3.8, 4) is 0 Å². The quantitative estimate of drug-likeness (QED) is 0.326. The van der Waals surface area contributed by atoms with Gasteiger partial charge in [-0.3, -0.25) is 10.1 Å².